The Morgan fingerprint density at radius 2 is 1.93 bits per heavy atom. The van der Waals surface area contributed by atoms with Crippen molar-refractivity contribution in [3.05, 3.63) is 27.3 Å². The summed E-state index contributed by atoms with van der Waals surface area (Å²) in [6.45, 7) is 2.02. The van der Waals surface area contributed by atoms with E-state index in [1.165, 1.54) is 5.56 Å². The van der Waals surface area contributed by atoms with E-state index >= 15 is 0 Å². The van der Waals surface area contributed by atoms with Crippen LogP contribution in [0.1, 0.15) is 5.56 Å². The monoisotopic (exact) mass is 317 g/mol. The lowest BCUT2D eigenvalue weighted by molar-refractivity contribution is 1.35. The first kappa shape index (κ1) is 11.8. The average Bonchev–Trinajstić information content (AvgIpc) is 2.10. The first-order valence-corrected chi connectivity index (χ1v) is 5.27. The predicted molar refractivity (Wildman–Crippen MR) is 71.0 cm³/mol. The Labute approximate surface area is 102 Å². The molecule has 0 fully saturated rings. The van der Waals surface area contributed by atoms with Crippen molar-refractivity contribution in [2.45, 2.75) is 6.92 Å². The third-order valence-corrected chi connectivity index (χ3v) is 2.80. The summed E-state index contributed by atoms with van der Waals surface area (Å²) in [7, 11) is 0. The molecule has 80 valence electrons. The Bertz CT molecular complexity index is 421. The molecule has 0 heterocycles. The minimum Gasteiger partial charge on any atom is -0.370 e. The van der Waals surface area contributed by atoms with Gasteiger partial charge in [0.1, 0.15) is 0 Å². The highest BCUT2D eigenvalue weighted by Gasteiger charge is 1.97. The van der Waals surface area contributed by atoms with Crippen molar-refractivity contribution in [2.75, 3.05) is 0 Å². The highest BCUT2D eigenvalue weighted by Crippen LogP contribution is 2.19. The topological polar surface area (TPSA) is 103 Å². The van der Waals surface area contributed by atoms with E-state index in [-0.39, 0.29) is 11.9 Å². The molecular weight excluding hydrogens is 305 g/mol. The van der Waals surface area contributed by atoms with E-state index in [2.05, 4.69) is 32.6 Å². The SMILES string of the molecule is Cc1ccc(N=C(N)N=C(N)N)cc1I. The summed E-state index contributed by atoms with van der Waals surface area (Å²) in [5.41, 5.74) is 17.7. The number of aliphatic imine (C=N–C) groups is 2. The molecule has 0 atom stereocenters. The number of guanidine groups is 2. The standard InChI is InChI=1S/C9H12IN5/c1-5-2-3-6(4-7(5)10)14-9(13)15-8(11)12/h2-4H,1H3,(H6,11,12,13,14,15). The second-order valence-corrected chi connectivity index (χ2v) is 4.10. The molecule has 0 aliphatic carbocycles. The second kappa shape index (κ2) is 4.96. The summed E-state index contributed by atoms with van der Waals surface area (Å²) in [6, 6.07) is 5.72. The van der Waals surface area contributed by atoms with Crippen LogP contribution in [0.15, 0.2) is 28.2 Å². The number of rotatable bonds is 1. The van der Waals surface area contributed by atoms with E-state index in [1.54, 1.807) is 0 Å². The molecule has 15 heavy (non-hydrogen) atoms. The van der Waals surface area contributed by atoms with E-state index in [0.29, 0.717) is 0 Å². The van der Waals surface area contributed by atoms with E-state index < -0.39 is 0 Å². The van der Waals surface area contributed by atoms with Crippen LogP contribution in [-0.2, 0) is 0 Å². The van der Waals surface area contributed by atoms with E-state index in [0.717, 1.165) is 9.26 Å². The van der Waals surface area contributed by atoms with Crippen molar-refractivity contribution in [1.82, 2.24) is 0 Å². The molecule has 1 rings (SSSR count). The highest BCUT2D eigenvalue weighted by molar-refractivity contribution is 14.1. The van der Waals surface area contributed by atoms with Crippen LogP contribution in [0, 0.1) is 10.5 Å². The van der Waals surface area contributed by atoms with Crippen molar-refractivity contribution >= 4 is 40.2 Å². The van der Waals surface area contributed by atoms with Crippen molar-refractivity contribution in [3.8, 4) is 0 Å². The number of nitrogens with zero attached hydrogens (tertiary/aromatic N) is 2. The zero-order valence-electron chi connectivity index (χ0n) is 8.24. The molecular formula is C9H12IN5. The van der Waals surface area contributed by atoms with Crippen LogP contribution in [0.25, 0.3) is 0 Å². The van der Waals surface area contributed by atoms with Gasteiger partial charge in [0.05, 0.1) is 5.69 Å². The lowest BCUT2D eigenvalue weighted by Gasteiger charge is -1.99. The maximum atomic E-state index is 5.49. The molecule has 0 aromatic heterocycles. The Balaban J connectivity index is 2.99. The molecule has 0 saturated carbocycles. The fourth-order valence-electron chi connectivity index (χ4n) is 0.941. The largest absolute Gasteiger partial charge is 0.370 e. The zero-order chi connectivity index (χ0) is 11.4. The Morgan fingerprint density at radius 1 is 1.27 bits per heavy atom. The third-order valence-electron chi connectivity index (χ3n) is 1.64. The molecule has 6 heteroatoms. The number of halogens is 1. The van der Waals surface area contributed by atoms with Gasteiger partial charge in [0.2, 0.25) is 5.96 Å². The molecule has 0 aliphatic rings. The van der Waals surface area contributed by atoms with Crippen LogP contribution >= 0.6 is 22.6 Å². The number of hydrogen-bond donors (Lipinski definition) is 3. The van der Waals surface area contributed by atoms with Gasteiger partial charge in [0.25, 0.3) is 0 Å². The van der Waals surface area contributed by atoms with Gasteiger partial charge in [0, 0.05) is 3.57 Å². The molecule has 1 aromatic carbocycles. The van der Waals surface area contributed by atoms with Crippen LogP contribution in [-0.4, -0.2) is 11.9 Å². The van der Waals surface area contributed by atoms with Gasteiger partial charge >= 0.3 is 0 Å². The van der Waals surface area contributed by atoms with Gasteiger partial charge in [-0.1, -0.05) is 6.07 Å². The summed E-state index contributed by atoms with van der Waals surface area (Å²) < 4.78 is 1.12. The zero-order valence-corrected chi connectivity index (χ0v) is 10.4. The lowest BCUT2D eigenvalue weighted by atomic mass is 10.2. The summed E-state index contributed by atoms with van der Waals surface area (Å²) >= 11 is 2.23. The molecule has 0 unspecified atom stereocenters. The van der Waals surface area contributed by atoms with Crippen molar-refractivity contribution in [1.29, 1.82) is 0 Å². The van der Waals surface area contributed by atoms with Crippen LogP contribution in [0.3, 0.4) is 0 Å². The summed E-state index contributed by atoms with van der Waals surface area (Å²) in [6.07, 6.45) is 0. The summed E-state index contributed by atoms with van der Waals surface area (Å²) in [4.78, 5) is 7.67. The maximum Gasteiger partial charge on any atom is 0.223 e. The van der Waals surface area contributed by atoms with Crippen LogP contribution in [0.2, 0.25) is 0 Å². The predicted octanol–water partition coefficient (Wildman–Crippen LogP) is 0.819. The number of hydrogen-bond acceptors (Lipinski definition) is 1. The normalized spacial score (nSPS) is 11.2. The van der Waals surface area contributed by atoms with Gasteiger partial charge < -0.3 is 17.2 Å². The average molecular weight is 317 g/mol. The molecule has 0 bridgehead atoms. The smallest absolute Gasteiger partial charge is 0.223 e. The van der Waals surface area contributed by atoms with E-state index in [1.807, 2.05) is 25.1 Å². The van der Waals surface area contributed by atoms with Gasteiger partial charge in [-0.3, -0.25) is 0 Å². The fraction of sp³-hybridized carbons (Fsp3) is 0.111. The summed E-state index contributed by atoms with van der Waals surface area (Å²) in [5.74, 6) is -0.0484. The third kappa shape index (κ3) is 3.74. The quantitative estimate of drug-likeness (QED) is 0.406. The molecule has 5 nitrogen and oxygen atoms in total. The van der Waals surface area contributed by atoms with E-state index in [9.17, 15) is 0 Å². The fourth-order valence-corrected chi connectivity index (χ4v) is 1.44. The Morgan fingerprint density at radius 3 is 2.47 bits per heavy atom. The van der Waals surface area contributed by atoms with Gasteiger partial charge in [-0.25, -0.2) is 4.99 Å². The first-order chi connectivity index (χ1) is 6.99. The molecule has 1 aromatic rings. The molecule has 6 N–H and O–H groups in total. The van der Waals surface area contributed by atoms with Gasteiger partial charge in [-0.05, 0) is 47.2 Å². The highest BCUT2D eigenvalue weighted by atomic mass is 127. The molecule has 0 radical (unpaired) electrons. The number of aryl methyl sites for hydroxylation is 1. The Hall–Kier alpha value is -1.31. The minimum atomic E-state index is -0.0990. The number of benzene rings is 1. The van der Waals surface area contributed by atoms with Crippen LogP contribution in [0.5, 0.6) is 0 Å². The molecule has 0 saturated heterocycles. The van der Waals surface area contributed by atoms with Gasteiger partial charge in [0.15, 0.2) is 5.96 Å². The van der Waals surface area contributed by atoms with Crippen molar-refractivity contribution in [2.24, 2.45) is 27.2 Å². The molecule has 0 aliphatic heterocycles. The minimum absolute atomic E-state index is 0.0506. The van der Waals surface area contributed by atoms with Gasteiger partial charge in [-0.2, -0.15) is 4.99 Å². The first-order valence-electron chi connectivity index (χ1n) is 4.19. The summed E-state index contributed by atoms with van der Waals surface area (Å²) in [5, 5.41) is 0. The van der Waals surface area contributed by atoms with E-state index in [4.69, 9.17) is 17.2 Å². The van der Waals surface area contributed by atoms with Gasteiger partial charge in [-0.15, -0.1) is 0 Å². The maximum absolute atomic E-state index is 5.49. The van der Waals surface area contributed by atoms with Crippen LogP contribution < -0.4 is 17.2 Å². The van der Waals surface area contributed by atoms with Crippen molar-refractivity contribution in [3.63, 3.8) is 0 Å². The Kier molecular flexibility index (Phi) is 3.89. The van der Waals surface area contributed by atoms with Crippen molar-refractivity contribution < 1.29 is 0 Å². The molecule has 0 amide bonds. The lowest BCUT2D eigenvalue weighted by Crippen LogP contribution is -2.26. The number of nitrogens with two attached hydrogens (primary N) is 3. The molecule has 0 spiro atoms. The second-order valence-electron chi connectivity index (χ2n) is 2.94. The van der Waals surface area contributed by atoms with Crippen LogP contribution in [0.4, 0.5) is 5.69 Å².